The molecule has 3 rings (SSSR count). The molecule has 2 saturated heterocycles. The number of anilines is 2. The zero-order valence-corrected chi connectivity index (χ0v) is 19.3. The first-order chi connectivity index (χ1) is 14.5. The van der Waals surface area contributed by atoms with E-state index in [-0.39, 0.29) is 17.6 Å². The normalized spacial score (nSPS) is 20.3. The summed E-state index contributed by atoms with van der Waals surface area (Å²) in [6, 6.07) is 5.40. The Morgan fingerprint density at radius 2 is 1.81 bits per heavy atom. The number of hydrogen-bond donors (Lipinski definition) is 1. The maximum atomic E-state index is 14.8. The molecule has 1 aromatic rings. The molecule has 172 valence electrons. The van der Waals surface area contributed by atoms with E-state index in [0.717, 1.165) is 25.9 Å². The van der Waals surface area contributed by atoms with Gasteiger partial charge in [-0.2, -0.15) is 0 Å². The average molecular weight is 435 g/mol. The van der Waals surface area contributed by atoms with Crippen LogP contribution in [0.1, 0.15) is 40.0 Å². The monoisotopic (exact) mass is 434 g/mol. The first kappa shape index (κ1) is 23.3. The minimum Gasteiger partial charge on any atom is -0.444 e. The number of rotatable bonds is 4. The van der Waals surface area contributed by atoms with Crippen molar-refractivity contribution in [1.82, 2.24) is 9.80 Å². The van der Waals surface area contributed by atoms with Crippen molar-refractivity contribution >= 4 is 23.4 Å². The summed E-state index contributed by atoms with van der Waals surface area (Å²) < 4.78 is 20.1. The largest absolute Gasteiger partial charge is 0.444 e. The Bertz CT molecular complexity index is 801. The minimum absolute atomic E-state index is 0.204. The summed E-state index contributed by atoms with van der Waals surface area (Å²) in [5, 5.41) is 2.80. The zero-order chi connectivity index (χ0) is 22.8. The molecule has 2 fully saturated rings. The second kappa shape index (κ2) is 9.42. The molecule has 0 aliphatic carbocycles. The van der Waals surface area contributed by atoms with Crippen molar-refractivity contribution in [2.24, 2.45) is 5.92 Å². The van der Waals surface area contributed by atoms with Crippen LogP contribution in [0.15, 0.2) is 18.2 Å². The predicted octanol–water partition coefficient (Wildman–Crippen LogP) is 3.55. The lowest BCUT2D eigenvalue weighted by atomic mass is 10.0. The van der Waals surface area contributed by atoms with E-state index in [1.54, 1.807) is 17.0 Å². The number of carbonyl (C=O) groups is 2. The van der Waals surface area contributed by atoms with E-state index in [1.807, 2.05) is 20.8 Å². The second-order valence-corrected chi connectivity index (χ2v) is 9.75. The van der Waals surface area contributed by atoms with E-state index in [1.165, 1.54) is 6.07 Å². The Labute approximate surface area is 184 Å². The summed E-state index contributed by atoms with van der Waals surface area (Å²) in [6.45, 7) is 7.85. The Kier molecular flexibility index (Phi) is 7.09. The topological polar surface area (TPSA) is 65.1 Å². The molecule has 1 atom stereocenters. The predicted molar refractivity (Wildman–Crippen MR) is 120 cm³/mol. The molecular weight excluding hydrogens is 399 g/mol. The Balaban J connectivity index is 1.54. The van der Waals surface area contributed by atoms with Crippen LogP contribution in [0.3, 0.4) is 0 Å². The van der Waals surface area contributed by atoms with Crippen molar-refractivity contribution in [2.75, 3.05) is 50.5 Å². The van der Waals surface area contributed by atoms with Gasteiger partial charge in [-0.1, -0.05) is 0 Å². The van der Waals surface area contributed by atoms with Crippen LogP contribution < -0.4 is 10.2 Å². The van der Waals surface area contributed by atoms with Crippen LogP contribution in [0, 0.1) is 11.7 Å². The fourth-order valence-electron chi connectivity index (χ4n) is 4.18. The van der Waals surface area contributed by atoms with Crippen LogP contribution in [0.25, 0.3) is 0 Å². The molecule has 7 nitrogen and oxygen atoms in total. The maximum absolute atomic E-state index is 14.8. The van der Waals surface area contributed by atoms with E-state index in [4.69, 9.17) is 4.74 Å². The van der Waals surface area contributed by atoms with Gasteiger partial charge in [0.25, 0.3) is 0 Å². The highest BCUT2D eigenvalue weighted by Crippen LogP contribution is 2.28. The van der Waals surface area contributed by atoms with Crippen molar-refractivity contribution in [2.45, 2.75) is 51.7 Å². The van der Waals surface area contributed by atoms with Crippen molar-refractivity contribution < 1.29 is 18.7 Å². The number of ether oxygens (including phenoxy) is 1. The standard InChI is InChI=1S/C23H35FN4O3/c1-23(2,3)31-22(30)28-11-8-16(15-28)21(29)25-17-6-7-20(19(24)14-17)27-12-9-18(10-13-27)26(4)5/h6-7,14,16,18H,8-13,15H2,1-5H3,(H,25,29). The van der Waals surface area contributed by atoms with Gasteiger partial charge in [0, 0.05) is 37.9 Å². The van der Waals surface area contributed by atoms with Crippen molar-refractivity contribution in [3.05, 3.63) is 24.0 Å². The third kappa shape index (κ3) is 6.09. The highest BCUT2D eigenvalue weighted by molar-refractivity contribution is 5.93. The van der Waals surface area contributed by atoms with Crippen LogP contribution >= 0.6 is 0 Å². The van der Waals surface area contributed by atoms with Gasteiger partial charge in [0.15, 0.2) is 0 Å². The maximum Gasteiger partial charge on any atom is 0.410 e. The first-order valence-electron chi connectivity index (χ1n) is 11.0. The van der Waals surface area contributed by atoms with Crippen LogP contribution in [0.2, 0.25) is 0 Å². The van der Waals surface area contributed by atoms with Crippen molar-refractivity contribution in [3.63, 3.8) is 0 Å². The zero-order valence-electron chi connectivity index (χ0n) is 19.3. The van der Waals surface area contributed by atoms with Gasteiger partial charge in [0.05, 0.1) is 11.6 Å². The summed E-state index contributed by atoms with van der Waals surface area (Å²) >= 11 is 0. The van der Waals surface area contributed by atoms with E-state index in [9.17, 15) is 14.0 Å². The number of nitrogens with zero attached hydrogens (tertiary/aromatic N) is 3. The Hall–Kier alpha value is -2.35. The SMILES string of the molecule is CN(C)C1CCN(c2ccc(NC(=O)C3CCN(C(=O)OC(C)(C)C)C3)cc2F)CC1. The van der Waals surface area contributed by atoms with Gasteiger partial charge in [-0.15, -0.1) is 0 Å². The molecule has 1 aromatic carbocycles. The molecular formula is C23H35FN4O3. The number of carbonyl (C=O) groups excluding carboxylic acids is 2. The summed E-state index contributed by atoms with van der Waals surface area (Å²) in [6.07, 6.45) is 2.16. The highest BCUT2D eigenvalue weighted by Gasteiger charge is 2.33. The Morgan fingerprint density at radius 1 is 1.13 bits per heavy atom. The van der Waals surface area contributed by atoms with Gasteiger partial charge in [-0.05, 0) is 72.3 Å². The molecule has 31 heavy (non-hydrogen) atoms. The molecule has 2 heterocycles. The summed E-state index contributed by atoms with van der Waals surface area (Å²) in [7, 11) is 4.16. The smallest absolute Gasteiger partial charge is 0.410 e. The number of likely N-dealkylation sites (tertiary alicyclic amines) is 1. The van der Waals surface area contributed by atoms with Gasteiger partial charge in [0.2, 0.25) is 5.91 Å². The fraction of sp³-hybridized carbons (Fsp3) is 0.652. The minimum atomic E-state index is -0.571. The van der Waals surface area contributed by atoms with E-state index >= 15 is 0 Å². The lowest BCUT2D eigenvalue weighted by Crippen LogP contribution is -2.42. The van der Waals surface area contributed by atoms with E-state index < -0.39 is 11.7 Å². The third-order valence-electron chi connectivity index (χ3n) is 5.96. The number of hydrogen-bond acceptors (Lipinski definition) is 5. The Morgan fingerprint density at radius 3 is 2.39 bits per heavy atom. The van der Waals surface area contributed by atoms with Crippen LogP contribution in [0.5, 0.6) is 0 Å². The lowest BCUT2D eigenvalue weighted by molar-refractivity contribution is -0.119. The van der Waals surface area contributed by atoms with Crippen LogP contribution in [-0.2, 0) is 9.53 Å². The van der Waals surface area contributed by atoms with Gasteiger partial charge < -0.3 is 24.8 Å². The summed E-state index contributed by atoms with van der Waals surface area (Å²) in [5.41, 5.74) is 0.440. The summed E-state index contributed by atoms with van der Waals surface area (Å²) in [5.74, 6) is -0.867. The molecule has 0 radical (unpaired) electrons. The van der Waals surface area contributed by atoms with E-state index in [2.05, 4.69) is 29.2 Å². The molecule has 2 amide bonds. The molecule has 2 aliphatic rings. The summed E-state index contributed by atoms with van der Waals surface area (Å²) in [4.78, 5) is 30.7. The molecule has 0 bridgehead atoms. The molecule has 1 unspecified atom stereocenters. The average Bonchev–Trinajstić information content (AvgIpc) is 3.17. The molecule has 2 aliphatic heterocycles. The third-order valence-corrected chi connectivity index (χ3v) is 5.96. The van der Waals surface area contributed by atoms with Gasteiger partial charge in [-0.3, -0.25) is 4.79 Å². The fourth-order valence-corrected chi connectivity index (χ4v) is 4.18. The van der Waals surface area contributed by atoms with Crippen LogP contribution in [-0.4, -0.2) is 73.7 Å². The number of halogens is 1. The number of benzene rings is 1. The molecule has 0 aromatic heterocycles. The van der Waals surface area contributed by atoms with Crippen LogP contribution in [0.4, 0.5) is 20.6 Å². The highest BCUT2D eigenvalue weighted by atomic mass is 19.1. The first-order valence-corrected chi connectivity index (χ1v) is 11.0. The molecule has 0 saturated carbocycles. The van der Waals surface area contributed by atoms with E-state index in [0.29, 0.717) is 36.9 Å². The van der Waals surface area contributed by atoms with Gasteiger partial charge >= 0.3 is 6.09 Å². The lowest BCUT2D eigenvalue weighted by Gasteiger charge is -2.36. The van der Waals surface area contributed by atoms with Crippen molar-refractivity contribution in [3.8, 4) is 0 Å². The number of nitrogens with one attached hydrogen (secondary N) is 1. The number of amides is 2. The number of piperidine rings is 1. The van der Waals surface area contributed by atoms with Gasteiger partial charge in [0.1, 0.15) is 11.4 Å². The second-order valence-electron chi connectivity index (χ2n) is 9.75. The quantitative estimate of drug-likeness (QED) is 0.785. The van der Waals surface area contributed by atoms with Crippen molar-refractivity contribution in [1.29, 1.82) is 0 Å². The molecule has 0 spiro atoms. The molecule has 1 N–H and O–H groups in total. The van der Waals surface area contributed by atoms with Gasteiger partial charge in [-0.25, -0.2) is 9.18 Å². The molecule has 8 heteroatoms.